The first kappa shape index (κ1) is 9.91. The van der Waals surface area contributed by atoms with Crippen molar-refractivity contribution in [3.63, 3.8) is 0 Å². The maximum absolute atomic E-state index is 10.9. The van der Waals surface area contributed by atoms with Gasteiger partial charge in [0.05, 0.1) is 6.42 Å². The van der Waals surface area contributed by atoms with E-state index in [1.54, 1.807) is 0 Å². The van der Waals surface area contributed by atoms with Crippen molar-refractivity contribution in [3.8, 4) is 11.8 Å². The Morgan fingerprint density at radius 3 is 2.46 bits per heavy atom. The average molecular weight is 250 g/mol. The Morgan fingerprint density at radius 1 is 1.46 bits per heavy atom. The van der Waals surface area contributed by atoms with Crippen LogP contribution in [0.3, 0.4) is 0 Å². The number of hydrogen-bond donors (Lipinski definition) is 2. The number of hydrogen-bond acceptors (Lipinski definition) is 4. The minimum Gasteiger partial charge on any atom is -0.492 e. The molecule has 2 N–H and O–H groups in total. The summed E-state index contributed by atoms with van der Waals surface area (Å²) in [7, 11) is 0. The van der Waals surface area contributed by atoms with E-state index in [1.165, 1.54) is 12.1 Å². The van der Waals surface area contributed by atoms with Crippen LogP contribution in [-0.4, -0.2) is 26.2 Å². The second kappa shape index (κ2) is 4.18. The molecule has 0 saturated carbocycles. The van der Waals surface area contributed by atoms with Crippen LogP contribution in [0.5, 0.6) is 11.8 Å². The number of alkyl halides is 1. The summed E-state index contributed by atoms with van der Waals surface area (Å²) in [6.45, 7) is 0. The van der Waals surface area contributed by atoms with Gasteiger partial charge in [0.1, 0.15) is 0 Å². The fourth-order valence-electron chi connectivity index (χ4n) is 0.720. The van der Waals surface area contributed by atoms with Crippen LogP contribution in [0, 0.1) is 0 Å². The molecule has 1 aromatic heterocycles. The van der Waals surface area contributed by atoms with Crippen molar-refractivity contribution in [1.29, 1.82) is 0 Å². The van der Waals surface area contributed by atoms with Gasteiger partial charge in [-0.05, 0) is 0 Å². The Hall–Kier alpha value is -1.17. The summed E-state index contributed by atoms with van der Waals surface area (Å²) in [6, 6.07) is 2.44. The largest absolute Gasteiger partial charge is 0.492 e. The molecule has 5 nitrogen and oxygen atoms in total. The van der Waals surface area contributed by atoms with E-state index in [1.807, 2.05) is 0 Å². The van der Waals surface area contributed by atoms with Crippen LogP contribution in [0.4, 0.5) is 0 Å². The average Bonchev–Trinajstić information content (AvgIpc) is 2.36. The normalized spacial score (nSPS) is 9.92. The van der Waals surface area contributed by atoms with Gasteiger partial charge in [-0.15, -0.1) is 4.73 Å². The summed E-state index contributed by atoms with van der Waals surface area (Å²) >= 11 is 3.06. The number of carbonyl (C=O) groups excluding carboxylic acids is 1. The highest BCUT2D eigenvalue weighted by atomic mass is 79.9. The van der Waals surface area contributed by atoms with Crippen LogP contribution in [0.15, 0.2) is 12.1 Å². The lowest BCUT2D eigenvalue weighted by molar-refractivity contribution is -0.144. The zero-order chi connectivity index (χ0) is 9.84. The first-order chi connectivity index (χ1) is 6.15. The Bertz CT molecular complexity index is 290. The zero-order valence-corrected chi connectivity index (χ0v) is 8.19. The van der Waals surface area contributed by atoms with Gasteiger partial charge in [-0.25, -0.2) is 4.79 Å². The number of carbonyl (C=O) groups is 1. The summed E-state index contributed by atoms with van der Waals surface area (Å²) in [5, 5.41) is 18.6. The smallest absolute Gasteiger partial charge is 0.334 e. The first-order valence-corrected chi connectivity index (χ1v) is 4.64. The van der Waals surface area contributed by atoms with Crippen LogP contribution in [-0.2, 0) is 4.79 Å². The van der Waals surface area contributed by atoms with Gasteiger partial charge in [-0.3, -0.25) is 0 Å². The predicted molar refractivity (Wildman–Crippen MR) is 47.8 cm³/mol. The molecule has 0 bridgehead atoms. The van der Waals surface area contributed by atoms with E-state index in [2.05, 4.69) is 20.8 Å². The highest BCUT2D eigenvalue weighted by molar-refractivity contribution is 9.09. The predicted octanol–water partition coefficient (Wildman–Crippen LogP) is 0.639. The van der Waals surface area contributed by atoms with Crippen molar-refractivity contribution in [1.82, 2.24) is 4.73 Å². The molecule has 0 aliphatic carbocycles. The van der Waals surface area contributed by atoms with E-state index in [0.717, 1.165) is 0 Å². The third kappa shape index (κ3) is 2.38. The molecule has 1 rings (SSSR count). The van der Waals surface area contributed by atoms with Gasteiger partial charge in [0.15, 0.2) is 0 Å². The SMILES string of the molecule is O=C(CCBr)On1c(O)ccc1O. The van der Waals surface area contributed by atoms with Gasteiger partial charge in [0.25, 0.3) is 0 Å². The molecule has 0 radical (unpaired) electrons. The Morgan fingerprint density at radius 2 is 2.00 bits per heavy atom. The van der Waals surface area contributed by atoms with Gasteiger partial charge >= 0.3 is 5.97 Å². The molecule has 0 fully saturated rings. The van der Waals surface area contributed by atoms with Crippen LogP contribution in [0.1, 0.15) is 6.42 Å². The fourth-order valence-corrected chi connectivity index (χ4v) is 1.04. The van der Waals surface area contributed by atoms with Crippen molar-refractivity contribution in [2.75, 3.05) is 5.33 Å². The summed E-state index contributed by atoms with van der Waals surface area (Å²) in [5.41, 5.74) is 0. The summed E-state index contributed by atoms with van der Waals surface area (Å²) < 4.78 is 0.658. The summed E-state index contributed by atoms with van der Waals surface area (Å²) in [5.74, 6) is -1.18. The van der Waals surface area contributed by atoms with E-state index < -0.39 is 5.97 Å². The van der Waals surface area contributed by atoms with Gasteiger partial charge in [-0.2, -0.15) is 0 Å². The van der Waals surface area contributed by atoms with E-state index >= 15 is 0 Å². The molecule has 6 heteroatoms. The zero-order valence-electron chi connectivity index (χ0n) is 6.61. The lowest BCUT2D eigenvalue weighted by atomic mass is 10.5. The number of aromatic nitrogens is 1. The standard InChI is InChI=1S/C7H8BrNO4/c8-4-3-7(12)13-9-5(10)1-2-6(9)11/h1-2,10-11H,3-4H2. The third-order valence-corrected chi connectivity index (χ3v) is 1.69. The Balaban J connectivity index is 2.68. The molecule has 13 heavy (non-hydrogen) atoms. The minimum absolute atomic E-state index is 0.164. The molecule has 0 aromatic carbocycles. The second-order valence-corrected chi connectivity index (χ2v) is 3.04. The van der Waals surface area contributed by atoms with Gasteiger partial charge in [-0.1, -0.05) is 15.9 Å². The minimum atomic E-state index is -0.543. The van der Waals surface area contributed by atoms with Gasteiger partial charge in [0, 0.05) is 17.5 Å². The summed E-state index contributed by atoms with van der Waals surface area (Å²) in [4.78, 5) is 15.5. The lowest BCUT2D eigenvalue weighted by Gasteiger charge is -2.05. The molecule has 1 heterocycles. The Kier molecular flexibility index (Phi) is 3.18. The molecule has 0 amide bonds. The number of rotatable bonds is 3. The van der Waals surface area contributed by atoms with E-state index in [-0.39, 0.29) is 18.2 Å². The maximum atomic E-state index is 10.9. The molecule has 72 valence electrons. The molecule has 0 spiro atoms. The highest BCUT2D eigenvalue weighted by Crippen LogP contribution is 2.18. The highest BCUT2D eigenvalue weighted by Gasteiger charge is 2.10. The maximum Gasteiger partial charge on any atom is 0.334 e. The van der Waals surface area contributed by atoms with Crippen molar-refractivity contribution >= 4 is 21.9 Å². The first-order valence-electron chi connectivity index (χ1n) is 3.52. The number of nitrogens with zero attached hydrogens (tertiary/aromatic N) is 1. The number of halogens is 1. The van der Waals surface area contributed by atoms with E-state index in [0.29, 0.717) is 10.1 Å². The van der Waals surface area contributed by atoms with Gasteiger partial charge < -0.3 is 15.1 Å². The molecule has 0 unspecified atom stereocenters. The Labute approximate surface area is 82.6 Å². The topological polar surface area (TPSA) is 71.7 Å². The fraction of sp³-hybridized carbons (Fsp3) is 0.286. The molecule has 1 aromatic rings. The molecular weight excluding hydrogens is 242 g/mol. The third-order valence-electron chi connectivity index (χ3n) is 1.29. The molecular formula is C7H8BrNO4. The molecule has 0 atom stereocenters. The number of aromatic hydroxyl groups is 2. The lowest BCUT2D eigenvalue weighted by Crippen LogP contribution is -2.18. The molecule has 0 aliphatic rings. The van der Waals surface area contributed by atoms with Crippen LogP contribution in [0.25, 0.3) is 0 Å². The molecule has 0 aliphatic heterocycles. The van der Waals surface area contributed by atoms with E-state index in [9.17, 15) is 4.79 Å². The van der Waals surface area contributed by atoms with Crippen molar-refractivity contribution in [2.24, 2.45) is 0 Å². The van der Waals surface area contributed by atoms with Crippen molar-refractivity contribution < 1.29 is 19.8 Å². The van der Waals surface area contributed by atoms with Gasteiger partial charge in [0.2, 0.25) is 11.8 Å². The van der Waals surface area contributed by atoms with E-state index in [4.69, 9.17) is 10.2 Å². The second-order valence-electron chi connectivity index (χ2n) is 2.25. The van der Waals surface area contributed by atoms with Crippen molar-refractivity contribution in [2.45, 2.75) is 6.42 Å². The van der Waals surface area contributed by atoms with Crippen LogP contribution in [0.2, 0.25) is 0 Å². The quantitative estimate of drug-likeness (QED) is 0.772. The van der Waals surface area contributed by atoms with Crippen molar-refractivity contribution in [3.05, 3.63) is 12.1 Å². The van der Waals surface area contributed by atoms with Crippen LogP contribution >= 0.6 is 15.9 Å². The molecule has 0 saturated heterocycles. The monoisotopic (exact) mass is 249 g/mol. The van der Waals surface area contributed by atoms with Crippen LogP contribution < -0.4 is 4.84 Å². The summed E-state index contributed by atoms with van der Waals surface area (Å²) in [6.07, 6.45) is 0.164.